The zero-order chi connectivity index (χ0) is 15.9. The van der Waals surface area contributed by atoms with E-state index in [0.29, 0.717) is 18.7 Å². The van der Waals surface area contributed by atoms with Crippen molar-refractivity contribution < 1.29 is 13.9 Å². The Balaban J connectivity index is 1.72. The number of carbonyl (C=O) groups is 1. The van der Waals surface area contributed by atoms with Crippen LogP contribution in [-0.2, 0) is 11.3 Å². The average Bonchev–Trinajstić information content (AvgIpc) is 3.00. The monoisotopic (exact) mass is 325 g/mol. The topological polar surface area (TPSA) is 81.9 Å². The number of ether oxygens (including phenoxy) is 1. The second-order valence-electron chi connectivity index (χ2n) is 4.34. The normalized spacial score (nSPS) is 10.3. The molecule has 9 heteroatoms. The molecule has 22 heavy (non-hydrogen) atoms. The molecule has 2 rings (SSSR count). The van der Waals surface area contributed by atoms with Gasteiger partial charge in [-0.15, -0.1) is 5.10 Å². The highest BCUT2D eigenvalue weighted by Crippen LogP contribution is 2.20. The summed E-state index contributed by atoms with van der Waals surface area (Å²) in [6.45, 7) is 3.96. The van der Waals surface area contributed by atoms with Gasteiger partial charge in [-0.3, -0.25) is 4.79 Å². The van der Waals surface area contributed by atoms with Crippen LogP contribution in [0.2, 0.25) is 5.02 Å². The molecule has 1 aromatic heterocycles. The highest BCUT2D eigenvalue weighted by molar-refractivity contribution is 6.30. The third kappa shape index (κ3) is 4.81. The van der Waals surface area contributed by atoms with Crippen LogP contribution in [0.5, 0.6) is 5.75 Å². The molecule has 0 saturated heterocycles. The number of benzene rings is 1. The van der Waals surface area contributed by atoms with Crippen molar-refractivity contribution in [3.63, 3.8) is 0 Å². The Morgan fingerprint density at radius 2 is 2.32 bits per heavy atom. The quantitative estimate of drug-likeness (QED) is 0.835. The Bertz CT molecular complexity index is 662. The molecule has 0 spiro atoms. The van der Waals surface area contributed by atoms with Crippen molar-refractivity contribution in [1.29, 1.82) is 0 Å². The van der Waals surface area contributed by atoms with Crippen molar-refractivity contribution in [2.45, 2.75) is 13.0 Å². The van der Waals surface area contributed by atoms with E-state index in [9.17, 15) is 9.18 Å². The van der Waals surface area contributed by atoms with Crippen molar-refractivity contribution in [2.24, 2.45) is 0 Å². The smallest absolute Gasteiger partial charge is 0.262 e. The van der Waals surface area contributed by atoms with Crippen LogP contribution in [0.15, 0.2) is 36.8 Å². The van der Waals surface area contributed by atoms with Gasteiger partial charge in [0, 0.05) is 24.7 Å². The van der Waals surface area contributed by atoms with Crippen molar-refractivity contribution in [2.75, 3.05) is 6.61 Å². The molecule has 0 aliphatic heterocycles. The highest BCUT2D eigenvalue weighted by Gasteiger charge is 2.07. The summed E-state index contributed by atoms with van der Waals surface area (Å²) in [4.78, 5) is 11.7. The maximum absolute atomic E-state index is 13.2. The first-order chi connectivity index (χ1) is 10.5. The lowest BCUT2D eigenvalue weighted by atomic mass is 10.3. The number of halogens is 2. The molecule has 116 valence electrons. The lowest BCUT2D eigenvalue weighted by Gasteiger charge is -2.09. The fourth-order valence-corrected chi connectivity index (χ4v) is 1.66. The molecule has 1 aromatic carbocycles. The van der Waals surface area contributed by atoms with Crippen LogP contribution in [-0.4, -0.2) is 32.7 Å². The van der Waals surface area contributed by atoms with Gasteiger partial charge in [-0.1, -0.05) is 18.2 Å². The van der Waals surface area contributed by atoms with Crippen molar-refractivity contribution in [3.05, 3.63) is 47.6 Å². The number of carbonyl (C=O) groups excluding carboxylic acids is 1. The predicted molar refractivity (Wildman–Crippen MR) is 76.6 cm³/mol. The summed E-state index contributed by atoms with van der Waals surface area (Å²) in [5.74, 6) is -0.779. The summed E-state index contributed by atoms with van der Waals surface area (Å²) < 4.78 is 19.9. The summed E-state index contributed by atoms with van der Waals surface area (Å²) in [6, 6.07) is 3.95. The number of hydrogen-bond donors (Lipinski definition) is 1. The third-order valence-electron chi connectivity index (χ3n) is 2.61. The number of rotatable bonds is 7. The molecule has 0 bridgehead atoms. The maximum Gasteiger partial charge on any atom is 0.262 e. The number of aromatic nitrogens is 4. The van der Waals surface area contributed by atoms with Gasteiger partial charge in [0.25, 0.3) is 5.91 Å². The van der Waals surface area contributed by atoms with E-state index in [1.807, 2.05) is 0 Å². The van der Waals surface area contributed by atoms with Crippen LogP contribution < -0.4 is 10.1 Å². The van der Waals surface area contributed by atoms with E-state index < -0.39 is 11.7 Å². The number of amides is 1. The largest absolute Gasteiger partial charge is 0.484 e. The summed E-state index contributed by atoms with van der Waals surface area (Å²) in [5.41, 5.74) is 0.506. The van der Waals surface area contributed by atoms with E-state index in [4.69, 9.17) is 16.3 Å². The van der Waals surface area contributed by atoms with Gasteiger partial charge in [0.15, 0.2) is 6.61 Å². The van der Waals surface area contributed by atoms with Crippen molar-refractivity contribution >= 4 is 17.5 Å². The first-order valence-electron chi connectivity index (χ1n) is 6.31. The molecule has 2 aromatic rings. The first-order valence-corrected chi connectivity index (χ1v) is 6.68. The molecule has 0 saturated carbocycles. The van der Waals surface area contributed by atoms with E-state index in [1.165, 1.54) is 23.1 Å². The van der Waals surface area contributed by atoms with E-state index in [2.05, 4.69) is 27.4 Å². The maximum atomic E-state index is 13.2. The Kier molecular flexibility index (Phi) is 5.42. The Hall–Kier alpha value is -2.48. The van der Waals surface area contributed by atoms with Crippen LogP contribution in [0, 0.1) is 5.82 Å². The molecule has 1 N–H and O–H groups in total. The fraction of sp³-hybridized carbons (Fsp3) is 0.231. The minimum absolute atomic E-state index is 0.00668. The van der Waals surface area contributed by atoms with Crippen molar-refractivity contribution in [3.8, 4) is 5.75 Å². The van der Waals surface area contributed by atoms with Crippen LogP contribution in [0.3, 0.4) is 0 Å². The molecular weight excluding hydrogens is 313 g/mol. The lowest BCUT2D eigenvalue weighted by Crippen LogP contribution is -2.28. The number of nitrogens with one attached hydrogen (secondary N) is 1. The van der Waals surface area contributed by atoms with Gasteiger partial charge in [-0.25, -0.2) is 9.07 Å². The Labute approximate surface area is 130 Å². The summed E-state index contributed by atoms with van der Waals surface area (Å²) >= 11 is 5.55. The van der Waals surface area contributed by atoms with Gasteiger partial charge in [-0.2, -0.15) is 0 Å². The van der Waals surface area contributed by atoms with Crippen LogP contribution in [0.25, 0.3) is 0 Å². The van der Waals surface area contributed by atoms with E-state index in [1.54, 1.807) is 0 Å². The number of nitrogens with zero attached hydrogens (tertiary/aromatic N) is 4. The average molecular weight is 326 g/mol. The zero-order valence-corrected chi connectivity index (χ0v) is 12.3. The van der Waals surface area contributed by atoms with E-state index >= 15 is 0 Å². The summed E-state index contributed by atoms with van der Waals surface area (Å²) in [5, 5.41) is 13.2. The molecule has 0 aliphatic rings. The molecular formula is C13H13ClFN5O2. The standard InChI is InChI=1S/C13H13ClFN5O2/c1-9(4-5-20-8-16-18-19-20)17-13(21)7-22-10-2-3-11(14)12(15)6-10/h2-3,6,8H,1,4-5,7H2,(H,17,21). The van der Waals surface area contributed by atoms with Crippen LogP contribution >= 0.6 is 11.6 Å². The predicted octanol–water partition coefficient (Wildman–Crippen LogP) is 1.56. The summed E-state index contributed by atoms with van der Waals surface area (Å²) in [7, 11) is 0. The van der Waals surface area contributed by atoms with Gasteiger partial charge < -0.3 is 10.1 Å². The Morgan fingerprint density at radius 1 is 1.50 bits per heavy atom. The SMILES string of the molecule is C=C(CCn1cnnn1)NC(=O)COc1ccc(Cl)c(F)c1. The fourth-order valence-electron chi connectivity index (χ4n) is 1.54. The van der Waals surface area contributed by atoms with Gasteiger partial charge in [-0.05, 0) is 22.6 Å². The van der Waals surface area contributed by atoms with Gasteiger partial charge in [0.1, 0.15) is 17.9 Å². The third-order valence-corrected chi connectivity index (χ3v) is 2.92. The molecule has 0 aliphatic carbocycles. The molecule has 7 nitrogen and oxygen atoms in total. The second kappa shape index (κ2) is 7.51. The zero-order valence-electron chi connectivity index (χ0n) is 11.5. The molecule has 0 unspecified atom stereocenters. The lowest BCUT2D eigenvalue weighted by molar-refractivity contribution is -0.122. The van der Waals surface area contributed by atoms with Crippen LogP contribution in [0.4, 0.5) is 4.39 Å². The number of allylic oxidation sites excluding steroid dienone is 1. The minimum atomic E-state index is -0.606. The second-order valence-corrected chi connectivity index (χ2v) is 4.75. The molecule has 0 radical (unpaired) electrons. The van der Waals surface area contributed by atoms with Gasteiger partial charge >= 0.3 is 0 Å². The molecule has 0 fully saturated rings. The van der Waals surface area contributed by atoms with Gasteiger partial charge in [0.2, 0.25) is 0 Å². The van der Waals surface area contributed by atoms with Crippen molar-refractivity contribution in [1.82, 2.24) is 25.5 Å². The first kappa shape index (κ1) is 15.9. The van der Waals surface area contributed by atoms with Gasteiger partial charge in [0.05, 0.1) is 5.02 Å². The molecule has 1 heterocycles. The van der Waals surface area contributed by atoms with Crippen LogP contribution in [0.1, 0.15) is 6.42 Å². The Morgan fingerprint density at radius 3 is 3.00 bits per heavy atom. The van der Waals surface area contributed by atoms with E-state index in [-0.39, 0.29) is 17.4 Å². The molecule has 1 amide bonds. The highest BCUT2D eigenvalue weighted by atomic mass is 35.5. The number of aryl methyl sites for hydroxylation is 1. The number of tetrazole rings is 1. The molecule has 0 atom stereocenters. The number of hydrogen-bond acceptors (Lipinski definition) is 5. The van der Waals surface area contributed by atoms with E-state index in [0.717, 1.165) is 6.07 Å². The minimum Gasteiger partial charge on any atom is -0.484 e. The summed E-state index contributed by atoms with van der Waals surface area (Å²) in [6.07, 6.45) is 1.94.